The number of hydrogen-bond acceptors (Lipinski definition) is 3. The zero-order chi connectivity index (χ0) is 8.97. The highest BCUT2D eigenvalue weighted by Gasteiger charge is 1.95. The van der Waals surface area contributed by atoms with Gasteiger partial charge in [0.2, 0.25) is 0 Å². The van der Waals surface area contributed by atoms with Gasteiger partial charge in [-0.3, -0.25) is 0 Å². The van der Waals surface area contributed by atoms with Crippen LogP contribution in [0.15, 0.2) is 18.3 Å². The molecule has 4 heteroatoms. The van der Waals surface area contributed by atoms with Gasteiger partial charge in [-0.1, -0.05) is 12.2 Å². The number of anilines is 1. The zero-order valence-corrected chi connectivity index (χ0v) is 8.63. The Hall–Kier alpha value is -0.610. The fourth-order valence-corrected chi connectivity index (χ4v) is 1.07. The van der Waals surface area contributed by atoms with Crippen LogP contribution in [0.4, 0.5) is 5.82 Å². The maximum Gasteiger partial charge on any atom is 0.139 e. The molecule has 0 aliphatic carbocycles. The topological polar surface area (TPSA) is 24.9 Å². The van der Waals surface area contributed by atoms with E-state index in [-0.39, 0.29) is 0 Å². The molecule has 2 nitrogen and oxygen atoms in total. The van der Waals surface area contributed by atoms with Crippen molar-refractivity contribution in [3.8, 4) is 0 Å². The van der Waals surface area contributed by atoms with Gasteiger partial charge in [0, 0.05) is 6.20 Å². The first kappa shape index (κ1) is 9.48. The average Bonchev–Trinajstić information content (AvgIpc) is 2.04. The second-order valence-electron chi connectivity index (χ2n) is 2.34. The quantitative estimate of drug-likeness (QED) is 0.701. The lowest BCUT2D eigenvalue weighted by atomic mass is 10.3. The Morgan fingerprint density at radius 1 is 1.67 bits per heavy atom. The predicted molar refractivity (Wildman–Crippen MR) is 58.7 cm³/mol. The number of aryl methyl sites for hydroxylation is 1. The molecule has 1 rings (SSSR count). The van der Waals surface area contributed by atoms with Crippen LogP contribution in [0.1, 0.15) is 5.56 Å². The van der Waals surface area contributed by atoms with Gasteiger partial charge in [-0.2, -0.15) is 0 Å². The summed E-state index contributed by atoms with van der Waals surface area (Å²) in [6.45, 7) is 2.02. The molecule has 0 saturated carbocycles. The third kappa shape index (κ3) is 2.79. The highest BCUT2D eigenvalue weighted by atomic mass is 32.2. The SMILES string of the molecule is CSC(=S)Nc1cc(C)ccn1. The number of thioether (sulfide) groups is 1. The van der Waals surface area contributed by atoms with E-state index in [1.54, 1.807) is 6.20 Å². The van der Waals surface area contributed by atoms with Gasteiger partial charge >= 0.3 is 0 Å². The summed E-state index contributed by atoms with van der Waals surface area (Å²) in [6, 6.07) is 3.91. The van der Waals surface area contributed by atoms with Crippen LogP contribution < -0.4 is 5.32 Å². The van der Waals surface area contributed by atoms with Gasteiger partial charge in [-0.25, -0.2) is 4.98 Å². The Balaban J connectivity index is 2.69. The molecule has 0 spiro atoms. The standard InChI is InChI=1S/C8H10N2S2/c1-6-3-4-9-7(5-6)10-8(11)12-2/h3-5H,1-2H3,(H,9,10,11). The predicted octanol–water partition coefficient (Wildman–Crippen LogP) is 2.45. The van der Waals surface area contributed by atoms with Gasteiger partial charge in [-0.05, 0) is 30.9 Å². The van der Waals surface area contributed by atoms with Crippen LogP contribution >= 0.6 is 24.0 Å². The molecular weight excluding hydrogens is 188 g/mol. The van der Waals surface area contributed by atoms with E-state index in [4.69, 9.17) is 12.2 Å². The van der Waals surface area contributed by atoms with Gasteiger partial charge in [0.25, 0.3) is 0 Å². The Bertz CT molecular complexity index is 286. The van der Waals surface area contributed by atoms with Crippen LogP contribution in [0.5, 0.6) is 0 Å². The Kier molecular flexibility index (Phi) is 3.49. The van der Waals surface area contributed by atoms with Crippen molar-refractivity contribution in [2.75, 3.05) is 11.6 Å². The van der Waals surface area contributed by atoms with E-state index in [2.05, 4.69) is 10.3 Å². The Labute approximate surface area is 81.8 Å². The van der Waals surface area contributed by atoms with E-state index in [0.29, 0.717) is 0 Å². The first-order chi connectivity index (χ1) is 5.72. The van der Waals surface area contributed by atoms with Gasteiger partial charge < -0.3 is 5.32 Å². The van der Waals surface area contributed by atoms with E-state index in [0.717, 1.165) is 10.1 Å². The highest BCUT2D eigenvalue weighted by molar-refractivity contribution is 8.22. The fourth-order valence-electron chi connectivity index (χ4n) is 0.760. The summed E-state index contributed by atoms with van der Waals surface area (Å²) in [5.41, 5.74) is 1.18. The van der Waals surface area contributed by atoms with Crippen molar-refractivity contribution >= 4 is 34.1 Å². The van der Waals surface area contributed by atoms with Crippen molar-refractivity contribution in [1.82, 2.24) is 4.98 Å². The molecule has 64 valence electrons. The molecule has 0 amide bonds. The molecule has 0 aromatic carbocycles. The van der Waals surface area contributed by atoms with Gasteiger partial charge in [-0.15, -0.1) is 11.8 Å². The lowest BCUT2D eigenvalue weighted by Gasteiger charge is -2.03. The van der Waals surface area contributed by atoms with Crippen LogP contribution in [0.2, 0.25) is 0 Å². The van der Waals surface area contributed by atoms with Crippen LogP contribution in [-0.4, -0.2) is 15.6 Å². The minimum absolute atomic E-state index is 0.744. The molecule has 0 aliphatic rings. The first-order valence-electron chi connectivity index (χ1n) is 3.50. The van der Waals surface area contributed by atoms with Crippen molar-refractivity contribution in [3.05, 3.63) is 23.9 Å². The third-order valence-electron chi connectivity index (χ3n) is 1.33. The molecule has 0 atom stereocenters. The number of pyridine rings is 1. The number of rotatable bonds is 1. The average molecular weight is 198 g/mol. The van der Waals surface area contributed by atoms with Gasteiger partial charge in [0.1, 0.15) is 10.1 Å². The summed E-state index contributed by atoms with van der Waals surface area (Å²) in [5.74, 6) is 0.814. The summed E-state index contributed by atoms with van der Waals surface area (Å²) in [5, 5.41) is 3.02. The molecule has 12 heavy (non-hydrogen) atoms. The number of nitrogens with zero attached hydrogens (tertiary/aromatic N) is 1. The smallest absolute Gasteiger partial charge is 0.139 e. The number of aromatic nitrogens is 1. The molecule has 1 N–H and O–H groups in total. The lowest BCUT2D eigenvalue weighted by molar-refractivity contribution is 1.29. The molecular formula is C8H10N2S2. The highest BCUT2D eigenvalue weighted by Crippen LogP contribution is 2.08. The van der Waals surface area contributed by atoms with E-state index in [1.165, 1.54) is 17.3 Å². The molecule has 0 saturated heterocycles. The van der Waals surface area contributed by atoms with Crippen molar-refractivity contribution in [3.63, 3.8) is 0 Å². The summed E-state index contributed by atoms with van der Waals surface area (Å²) < 4.78 is 0.744. The minimum atomic E-state index is 0.744. The maximum absolute atomic E-state index is 4.99. The molecule has 0 radical (unpaired) electrons. The fraction of sp³-hybridized carbons (Fsp3) is 0.250. The zero-order valence-electron chi connectivity index (χ0n) is 7.00. The third-order valence-corrected chi connectivity index (χ3v) is 2.41. The summed E-state index contributed by atoms with van der Waals surface area (Å²) in [6.07, 6.45) is 3.70. The normalized spacial score (nSPS) is 9.50. The van der Waals surface area contributed by atoms with Crippen LogP contribution in [0.25, 0.3) is 0 Å². The number of thiocarbonyl (C=S) groups is 1. The van der Waals surface area contributed by atoms with E-state index >= 15 is 0 Å². The van der Waals surface area contributed by atoms with Crippen molar-refractivity contribution in [1.29, 1.82) is 0 Å². The second-order valence-corrected chi connectivity index (χ2v) is 3.82. The summed E-state index contributed by atoms with van der Waals surface area (Å²) in [4.78, 5) is 4.12. The minimum Gasteiger partial charge on any atom is -0.326 e. The molecule has 1 aromatic heterocycles. The number of hydrogen-bond donors (Lipinski definition) is 1. The van der Waals surface area contributed by atoms with Gasteiger partial charge in [0.15, 0.2) is 0 Å². The number of nitrogens with one attached hydrogen (secondary N) is 1. The maximum atomic E-state index is 4.99. The summed E-state index contributed by atoms with van der Waals surface area (Å²) >= 11 is 6.50. The van der Waals surface area contributed by atoms with Crippen molar-refractivity contribution in [2.24, 2.45) is 0 Å². The molecule has 0 aliphatic heterocycles. The molecule has 1 heterocycles. The molecule has 0 unspecified atom stereocenters. The van der Waals surface area contributed by atoms with Crippen LogP contribution in [0, 0.1) is 6.92 Å². The second kappa shape index (κ2) is 4.42. The summed E-state index contributed by atoms with van der Waals surface area (Å²) in [7, 11) is 0. The van der Waals surface area contributed by atoms with E-state index in [9.17, 15) is 0 Å². The van der Waals surface area contributed by atoms with Crippen molar-refractivity contribution in [2.45, 2.75) is 6.92 Å². The van der Waals surface area contributed by atoms with E-state index in [1.807, 2.05) is 25.3 Å². The molecule has 0 fully saturated rings. The molecule has 1 aromatic rings. The Morgan fingerprint density at radius 3 is 3.00 bits per heavy atom. The lowest BCUT2D eigenvalue weighted by Crippen LogP contribution is -2.04. The monoisotopic (exact) mass is 198 g/mol. The van der Waals surface area contributed by atoms with Crippen LogP contribution in [-0.2, 0) is 0 Å². The van der Waals surface area contributed by atoms with Crippen molar-refractivity contribution < 1.29 is 0 Å². The van der Waals surface area contributed by atoms with E-state index < -0.39 is 0 Å². The first-order valence-corrected chi connectivity index (χ1v) is 5.13. The molecule has 0 bridgehead atoms. The Morgan fingerprint density at radius 2 is 2.42 bits per heavy atom. The van der Waals surface area contributed by atoms with Crippen LogP contribution in [0.3, 0.4) is 0 Å². The largest absolute Gasteiger partial charge is 0.326 e. The van der Waals surface area contributed by atoms with Gasteiger partial charge in [0.05, 0.1) is 0 Å².